The third kappa shape index (κ3) is 5.29. The molecule has 2 aromatic heterocycles. The SMILES string of the molecule is CCN.Cl.O=C1COc2ccc(CNC(=O)c3nc4sc5c(c4c(=O)[nH]3)C(C(=O)O)CC5)cc2N1. The van der Waals surface area contributed by atoms with Crippen LogP contribution in [-0.4, -0.2) is 46.0 Å². The van der Waals surface area contributed by atoms with Crippen LogP contribution in [0.4, 0.5) is 5.69 Å². The van der Waals surface area contributed by atoms with Crippen molar-refractivity contribution in [3.63, 3.8) is 0 Å². The van der Waals surface area contributed by atoms with E-state index in [0.717, 1.165) is 17.0 Å². The first-order chi connectivity index (χ1) is 16.3. The van der Waals surface area contributed by atoms with E-state index in [2.05, 4.69) is 20.6 Å². The van der Waals surface area contributed by atoms with Gasteiger partial charge in [-0.3, -0.25) is 19.2 Å². The van der Waals surface area contributed by atoms with Gasteiger partial charge in [0.15, 0.2) is 6.61 Å². The molecule has 0 saturated carbocycles. The highest BCUT2D eigenvalue weighted by atomic mass is 35.5. The quantitative estimate of drug-likeness (QED) is 0.344. The largest absolute Gasteiger partial charge is 0.482 e. The first-order valence-electron chi connectivity index (χ1n) is 10.6. The molecule has 1 unspecified atom stereocenters. The summed E-state index contributed by atoms with van der Waals surface area (Å²) in [4.78, 5) is 56.1. The molecule has 6 N–H and O–H groups in total. The smallest absolute Gasteiger partial charge is 0.311 e. The Kier molecular flexibility index (Phi) is 8.10. The molecule has 0 fully saturated rings. The van der Waals surface area contributed by atoms with Gasteiger partial charge in [0.25, 0.3) is 17.4 Å². The number of ether oxygens (including phenoxy) is 1. The second-order valence-electron chi connectivity index (χ2n) is 7.72. The van der Waals surface area contributed by atoms with E-state index in [9.17, 15) is 24.3 Å². The molecule has 11 nitrogen and oxygen atoms in total. The number of hydrogen-bond donors (Lipinski definition) is 5. The molecule has 1 aromatic carbocycles. The Balaban J connectivity index is 0.000000815. The van der Waals surface area contributed by atoms with Crippen LogP contribution in [0.25, 0.3) is 10.2 Å². The third-order valence-electron chi connectivity index (χ3n) is 5.33. The van der Waals surface area contributed by atoms with Crippen molar-refractivity contribution in [1.29, 1.82) is 0 Å². The summed E-state index contributed by atoms with van der Waals surface area (Å²) in [5.41, 5.74) is 6.10. The number of carbonyl (C=O) groups excluding carboxylic acids is 2. The van der Waals surface area contributed by atoms with Gasteiger partial charge in [-0.2, -0.15) is 0 Å². The van der Waals surface area contributed by atoms with Crippen molar-refractivity contribution in [1.82, 2.24) is 15.3 Å². The van der Waals surface area contributed by atoms with Crippen molar-refractivity contribution in [2.24, 2.45) is 5.73 Å². The molecule has 1 aliphatic heterocycles. The molecular formula is C22H24ClN5O6S. The maximum Gasteiger partial charge on any atom is 0.311 e. The van der Waals surface area contributed by atoms with Gasteiger partial charge >= 0.3 is 5.97 Å². The zero-order valence-electron chi connectivity index (χ0n) is 18.7. The number of aliphatic carboxylic acids is 1. The van der Waals surface area contributed by atoms with Crippen LogP contribution < -0.4 is 26.7 Å². The van der Waals surface area contributed by atoms with Crippen LogP contribution in [0.1, 0.15) is 45.9 Å². The predicted molar refractivity (Wildman–Crippen MR) is 133 cm³/mol. The number of nitrogens with one attached hydrogen (secondary N) is 3. The Bertz CT molecular complexity index is 1350. The van der Waals surface area contributed by atoms with E-state index in [1.54, 1.807) is 18.2 Å². The zero-order valence-corrected chi connectivity index (χ0v) is 20.3. The van der Waals surface area contributed by atoms with Crippen molar-refractivity contribution in [3.05, 3.63) is 50.4 Å². The van der Waals surface area contributed by atoms with Crippen LogP contribution in [-0.2, 0) is 22.6 Å². The number of rotatable bonds is 4. The van der Waals surface area contributed by atoms with E-state index in [1.807, 2.05) is 6.92 Å². The monoisotopic (exact) mass is 521 g/mol. The first-order valence-corrected chi connectivity index (χ1v) is 11.5. The Morgan fingerprint density at radius 3 is 2.80 bits per heavy atom. The normalized spacial score (nSPS) is 15.5. The number of aryl methyl sites for hydroxylation is 1. The van der Waals surface area contributed by atoms with Crippen molar-refractivity contribution < 1.29 is 24.2 Å². The van der Waals surface area contributed by atoms with Gasteiger partial charge < -0.3 is 31.2 Å². The van der Waals surface area contributed by atoms with E-state index < -0.39 is 23.4 Å². The molecule has 3 aromatic rings. The zero-order chi connectivity index (χ0) is 24.4. The summed E-state index contributed by atoms with van der Waals surface area (Å²) >= 11 is 1.25. The molecule has 0 saturated heterocycles. The van der Waals surface area contributed by atoms with Gasteiger partial charge in [-0.15, -0.1) is 23.7 Å². The molecule has 2 amide bonds. The van der Waals surface area contributed by atoms with Crippen LogP contribution in [0.2, 0.25) is 0 Å². The standard InChI is InChI=1S/C20H16N4O6S.C2H7N.ClH/c25-13-7-30-11-3-1-8(5-10(11)22-13)6-21-18(27)16-23-17(26)15-14-9(20(28)29)2-4-12(14)31-19(15)24-16;1-2-3;/h1,3,5,9H,2,4,6-7H2,(H,21,27)(H,22,25)(H,28,29)(H,23,24,26);2-3H2,1H3;1H. The van der Waals surface area contributed by atoms with Gasteiger partial charge in [0.1, 0.15) is 10.6 Å². The van der Waals surface area contributed by atoms with Gasteiger partial charge in [0.05, 0.1) is 17.0 Å². The highest BCUT2D eigenvalue weighted by Crippen LogP contribution is 2.42. The molecule has 3 heterocycles. The third-order valence-corrected chi connectivity index (χ3v) is 6.49. The Morgan fingerprint density at radius 1 is 1.34 bits per heavy atom. The number of nitrogens with two attached hydrogens (primary N) is 1. The van der Waals surface area contributed by atoms with Gasteiger partial charge in [-0.05, 0) is 42.6 Å². The summed E-state index contributed by atoms with van der Waals surface area (Å²) in [6.07, 6.45) is 1.03. The summed E-state index contributed by atoms with van der Waals surface area (Å²) < 4.78 is 5.30. The number of thiophene rings is 1. The Labute approximate surface area is 209 Å². The molecule has 0 radical (unpaired) electrons. The molecule has 35 heavy (non-hydrogen) atoms. The van der Waals surface area contributed by atoms with Gasteiger partial charge in [0, 0.05) is 11.4 Å². The molecular weight excluding hydrogens is 498 g/mol. The number of H-pyrrole nitrogens is 1. The fraction of sp³-hybridized carbons (Fsp3) is 0.318. The van der Waals surface area contributed by atoms with Crippen LogP contribution in [0.5, 0.6) is 5.75 Å². The minimum atomic E-state index is -0.966. The minimum absolute atomic E-state index is 0. The highest BCUT2D eigenvalue weighted by Gasteiger charge is 2.34. The Hall–Kier alpha value is -3.48. The number of benzene rings is 1. The number of nitrogens with zero attached hydrogens (tertiary/aromatic N) is 1. The Morgan fingerprint density at radius 2 is 2.09 bits per heavy atom. The van der Waals surface area contributed by atoms with Crippen LogP contribution in [0, 0.1) is 0 Å². The van der Waals surface area contributed by atoms with Crippen molar-refractivity contribution in [2.45, 2.75) is 32.2 Å². The number of halogens is 1. The number of fused-ring (bicyclic) bond motifs is 4. The van der Waals surface area contributed by atoms with Gasteiger partial charge in [-0.1, -0.05) is 13.0 Å². The lowest BCUT2D eigenvalue weighted by molar-refractivity contribution is -0.138. The fourth-order valence-corrected chi connectivity index (χ4v) is 5.16. The second-order valence-corrected chi connectivity index (χ2v) is 8.81. The van der Waals surface area contributed by atoms with E-state index in [4.69, 9.17) is 10.5 Å². The average Bonchev–Trinajstić information content (AvgIpc) is 3.36. The lowest BCUT2D eigenvalue weighted by Crippen LogP contribution is -2.28. The second kappa shape index (κ2) is 10.8. The highest BCUT2D eigenvalue weighted by molar-refractivity contribution is 7.18. The molecule has 1 atom stereocenters. The predicted octanol–water partition coefficient (Wildman–Crippen LogP) is 1.75. The topological polar surface area (TPSA) is 176 Å². The molecule has 186 valence electrons. The van der Waals surface area contributed by atoms with Crippen molar-refractivity contribution in [2.75, 3.05) is 18.5 Å². The van der Waals surface area contributed by atoms with E-state index in [-0.39, 0.29) is 42.7 Å². The maximum atomic E-state index is 12.6. The number of aromatic amines is 1. The average molecular weight is 522 g/mol. The van der Waals surface area contributed by atoms with E-state index >= 15 is 0 Å². The molecule has 13 heteroatoms. The summed E-state index contributed by atoms with van der Waals surface area (Å²) in [6.45, 7) is 2.76. The lowest BCUT2D eigenvalue weighted by atomic mass is 10.0. The summed E-state index contributed by atoms with van der Waals surface area (Å²) in [7, 11) is 0. The van der Waals surface area contributed by atoms with Crippen molar-refractivity contribution >= 4 is 57.4 Å². The molecule has 5 rings (SSSR count). The fourth-order valence-electron chi connectivity index (χ4n) is 3.91. The van der Waals surface area contributed by atoms with Gasteiger partial charge in [-0.25, -0.2) is 4.98 Å². The van der Waals surface area contributed by atoms with Crippen molar-refractivity contribution in [3.8, 4) is 5.75 Å². The van der Waals surface area contributed by atoms with E-state index in [0.29, 0.717) is 34.7 Å². The van der Waals surface area contributed by atoms with Crippen LogP contribution >= 0.6 is 23.7 Å². The number of hydrogen-bond acceptors (Lipinski definition) is 8. The first kappa shape index (κ1) is 26.1. The molecule has 2 aliphatic rings. The number of carboxylic acids is 1. The molecule has 0 bridgehead atoms. The number of anilines is 1. The summed E-state index contributed by atoms with van der Waals surface area (Å²) in [6, 6.07) is 5.15. The summed E-state index contributed by atoms with van der Waals surface area (Å²) in [5.74, 6) is -2.10. The minimum Gasteiger partial charge on any atom is -0.482 e. The summed E-state index contributed by atoms with van der Waals surface area (Å²) in [5, 5.41) is 15.1. The maximum absolute atomic E-state index is 12.6. The van der Waals surface area contributed by atoms with Crippen LogP contribution in [0.15, 0.2) is 23.0 Å². The van der Waals surface area contributed by atoms with E-state index in [1.165, 1.54) is 11.3 Å². The lowest BCUT2D eigenvalue weighted by Gasteiger charge is -2.18. The number of carboxylic acid groups (broad SMARTS) is 1. The number of aromatic nitrogens is 2. The van der Waals surface area contributed by atoms with Crippen LogP contribution in [0.3, 0.4) is 0 Å². The number of amides is 2. The molecule has 1 aliphatic carbocycles. The van der Waals surface area contributed by atoms with Gasteiger partial charge in [0.2, 0.25) is 5.82 Å². The molecule has 0 spiro atoms. The number of carbonyl (C=O) groups is 3.